The Morgan fingerprint density at radius 2 is 1.30 bits per heavy atom. The third-order valence-corrected chi connectivity index (χ3v) is 8.29. The lowest BCUT2D eigenvalue weighted by Crippen LogP contribution is -2.35. The highest BCUT2D eigenvalue weighted by Crippen LogP contribution is 2.45. The van der Waals surface area contributed by atoms with Crippen LogP contribution in [0.1, 0.15) is 0 Å². The van der Waals surface area contributed by atoms with Gasteiger partial charge in [-0.25, -0.2) is 4.39 Å². The predicted molar refractivity (Wildman–Crippen MR) is 189 cm³/mol. The number of anilines is 2. The lowest BCUT2D eigenvalue weighted by molar-refractivity contribution is -0.138. The molecule has 282 valence electrons. The lowest BCUT2D eigenvalue weighted by atomic mass is 9.93. The van der Waals surface area contributed by atoms with E-state index in [1.807, 2.05) is 0 Å². The van der Waals surface area contributed by atoms with Gasteiger partial charge in [0.25, 0.3) is 0 Å². The molecule has 1 heterocycles. The number of halogens is 4. The molecule has 1 aliphatic carbocycles. The minimum absolute atomic E-state index is 0.0416. The summed E-state index contributed by atoms with van der Waals surface area (Å²) in [4.78, 5) is 60.5. The largest absolute Gasteiger partial charge is 0.506 e. The van der Waals surface area contributed by atoms with E-state index in [2.05, 4.69) is 0 Å². The number of aromatic hydroxyl groups is 1. The van der Waals surface area contributed by atoms with E-state index in [0.29, 0.717) is 28.1 Å². The van der Waals surface area contributed by atoms with Crippen LogP contribution in [0.2, 0.25) is 10.0 Å². The molecule has 15 nitrogen and oxygen atoms in total. The maximum absolute atomic E-state index is 15.0. The number of hydrogen-bond acceptors (Lipinski definition) is 11. The average molecular weight is 791 g/mol. The van der Waals surface area contributed by atoms with Crippen LogP contribution in [-0.2, 0) is 19.2 Å². The van der Waals surface area contributed by atoms with E-state index in [-0.39, 0.29) is 38.6 Å². The van der Waals surface area contributed by atoms with E-state index in [4.69, 9.17) is 37.1 Å². The zero-order valence-corrected chi connectivity index (χ0v) is 28.9. The van der Waals surface area contributed by atoms with Gasteiger partial charge in [0.05, 0.1) is 21.4 Å². The Kier molecular flexibility index (Phi) is 11.6. The standard InChI is InChI=1S/C35H26Cl2F2N2O13/c36-19-8-17-26(10-24(19)42)54-27-11-25(43)20(37)9-18(27)33(17)16-1-3-22(40(12-29(44)45)13-30(46)47)28(7-16)52-5-6-53-35-23(4-2-21(38)34(35)39)41(14-31(48)49)15-32(50)51/h1-4,7-11,42H,5-6,12-15H2,(H,44,45)(H,46,47)(H,48,49)(H,50,51). The number of hydrogen-bond donors (Lipinski definition) is 5. The summed E-state index contributed by atoms with van der Waals surface area (Å²) >= 11 is 12.4. The van der Waals surface area contributed by atoms with E-state index in [1.54, 1.807) is 0 Å². The average Bonchev–Trinajstić information content (AvgIpc) is 3.07. The molecule has 0 amide bonds. The fraction of sp³-hybridized carbons (Fsp3) is 0.171. The van der Waals surface area contributed by atoms with Crippen LogP contribution in [0.5, 0.6) is 17.2 Å². The van der Waals surface area contributed by atoms with Gasteiger partial charge in [-0.05, 0) is 42.0 Å². The van der Waals surface area contributed by atoms with Crippen molar-refractivity contribution in [2.24, 2.45) is 0 Å². The topological polar surface area (TPSA) is 225 Å². The molecule has 3 aromatic rings. The Labute approximate surface area is 311 Å². The summed E-state index contributed by atoms with van der Waals surface area (Å²) in [6.45, 7) is -4.51. The second-order valence-electron chi connectivity index (χ2n) is 11.4. The van der Waals surface area contributed by atoms with Gasteiger partial charge in [-0.1, -0.05) is 29.3 Å². The molecule has 0 saturated carbocycles. The van der Waals surface area contributed by atoms with Crippen molar-refractivity contribution in [3.05, 3.63) is 86.5 Å². The quantitative estimate of drug-likeness (QED) is 0.0635. The third kappa shape index (κ3) is 8.65. The van der Waals surface area contributed by atoms with Crippen molar-refractivity contribution in [2.45, 2.75) is 0 Å². The normalized spacial score (nSPS) is 11.0. The Bertz CT molecular complexity index is 2300. The second-order valence-corrected chi connectivity index (χ2v) is 12.2. The van der Waals surface area contributed by atoms with Crippen LogP contribution in [0.15, 0.2) is 63.8 Å². The Morgan fingerprint density at radius 1 is 0.722 bits per heavy atom. The van der Waals surface area contributed by atoms with Gasteiger partial charge in [0.15, 0.2) is 11.6 Å². The number of carboxylic acids is 4. The molecule has 0 saturated heterocycles. The predicted octanol–water partition coefficient (Wildman–Crippen LogP) is 5.26. The molecule has 0 unspecified atom stereocenters. The summed E-state index contributed by atoms with van der Waals surface area (Å²) in [5, 5.41) is 48.1. The smallest absolute Gasteiger partial charge is 0.323 e. The fourth-order valence-electron chi connectivity index (χ4n) is 5.57. The number of benzene rings is 4. The highest BCUT2D eigenvalue weighted by Gasteiger charge is 2.26. The molecule has 5 rings (SSSR count). The number of phenolic OH excluding ortho intramolecular Hbond substituents is 1. The maximum atomic E-state index is 15.0. The van der Waals surface area contributed by atoms with Crippen molar-refractivity contribution in [3.8, 4) is 39.7 Å². The van der Waals surface area contributed by atoms with Gasteiger partial charge in [0.1, 0.15) is 62.2 Å². The van der Waals surface area contributed by atoms with E-state index >= 15 is 4.39 Å². The van der Waals surface area contributed by atoms with Crippen molar-refractivity contribution >= 4 is 69.4 Å². The van der Waals surface area contributed by atoms with Crippen LogP contribution in [-0.4, -0.2) is 88.8 Å². The third-order valence-electron chi connectivity index (χ3n) is 7.69. The Morgan fingerprint density at radius 3 is 1.91 bits per heavy atom. The molecule has 54 heavy (non-hydrogen) atoms. The monoisotopic (exact) mass is 790 g/mol. The maximum Gasteiger partial charge on any atom is 0.323 e. The molecule has 5 N–H and O–H groups in total. The van der Waals surface area contributed by atoms with Crippen LogP contribution in [0.25, 0.3) is 33.4 Å². The second kappa shape index (κ2) is 16.1. The van der Waals surface area contributed by atoms with Crippen molar-refractivity contribution < 1.29 is 67.4 Å². The fourth-order valence-corrected chi connectivity index (χ4v) is 5.89. The molecule has 0 bridgehead atoms. The molecule has 0 atom stereocenters. The van der Waals surface area contributed by atoms with Crippen molar-refractivity contribution in [3.63, 3.8) is 0 Å². The number of ether oxygens (including phenoxy) is 2. The van der Waals surface area contributed by atoms with Gasteiger partial charge in [-0.3, -0.25) is 24.0 Å². The number of rotatable bonds is 16. The molecule has 3 aromatic carbocycles. The highest BCUT2D eigenvalue weighted by atomic mass is 35.5. The first kappa shape index (κ1) is 38.9. The Hall–Kier alpha value is -6.33. The van der Waals surface area contributed by atoms with Gasteiger partial charge in [0, 0.05) is 28.6 Å². The van der Waals surface area contributed by atoms with Gasteiger partial charge < -0.3 is 49.2 Å². The molecule has 0 aromatic heterocycles. The first-order chi connectivity index (χ1) is 25.5. The van der Waals surface area contributed by atoms with Crippen LogP contribution < -0.4 is 24.7 Å². The first-order valence-corrected chi connectivity index (χ1v) is 16.1. The summed E-state index contributed by atoms with van der Waals surface area (Å²) in [6.07, 6.45) is 0. The highest BCUT2D eigenvalue weighted by molar-refractivity contribution is 6.33. The summed E-state index contributed by atoms with van der Waals surface area (Å²) in [6, 6.07) is 10.9. The van der Waals surface area contributed by atoms with Gasteiger partial charge >= 0.3 is 23.9 Å². The van der Waals surface area contributed by atoms with E-state index in [0.717, 1.165) is 21.9 Å². The summed E-state index contributed by atoms with van der Waals surface area (Å²) in [5.41, 5.74) is 0.0274. The van der Waals surface area contributed by atoms with E-state index < -0.39 is 91.8 Å². The molecule has 0 radical (unpaired) electrons. The number of fused-ring (bicyclic) bond motifs is 2. The minimum Gasteiger partial charge on any atom is -0.506 e. The zero-order chi connectivity index (χ0) is 39.4. The van der Waals surface area contributed by atoms with Crippen LogP contribution in [0.3, 0.4) is 0 Å². The van der Waals surface area contributed by atoms with Crippen LogP contribution in [0.4, 0.5) is 20.2 Å². The number of carbonyl (C=O) groups is 4. The van der Waals surface area contributed by atoms with E-state index in [1.165, 1.54) is 36.4 Å². The van der Waals surface area contributed by atoms with Gasteiger partial charge in [-0.15, -0.1) is 0 Å². The summed E-state index contributed by atoms with van der Waals surface area (Å²) in [7, 11) is 0. The van der Waals surface area contributed by atoms with Gasteiger partial charge in [0.2, 0.25) is 11.2 Å². The molecule has 2 aliphatic rings. The number of phenols is 1. The van der Waals surface area contributed by atoms with Crippen LogP contribution in [0, 0.1) is 11.6 Å². The summed E-state index contributed by atoms with van der Waals surface area (Å²) in [5.74, 6) is -9.92. The number of aliphatic carboxylic acids is 4. The van der Waals surface area contributed by atoms with Crippen molar-refractivity contribution in [2.75, 3.05) is 49.2 Å². The van der Waals surface area contributed by atoms with Gasteiger partial charge in [-0.2, -0.15) is 4.39 Å². The molecule has 1 aliphatic heterocycles. The first-order valence-electron chi connectivity index (χ1n) is 15.4. The minimum atomic E-state index is -1.55. The molecule has 19 heteroatoms. The zero-order valence-electron chi connectivity index (χ0n) is 27.3. The number of carboxylic acid groups (broad SMARTS) is 4. The van der Waals surface area contributed by atoms with Crippen molar-refractivity contribution in [1.82, 2.24) is 0 Å². The molecule has 0 fully saturated rings. The van der Waals surface area contributed by atoms with Crippen LogP contribution >= 0.6 is 23.2 Å². The Balaban J connectivity index is 1.60. The molecular weight excluding hydrogens is 765 g/mol. The molecular formula is C35H26Cl2F2N2O13. The SMILES string of the molecule is O=C(O)CN(CC(=O)O)c1ccc(-c2c3cc(Cl)c(=O)cc-3oc3cc(O)c(Cl)cc23)cc1OCCOc1c(N(CC(=O)O)CC(=O)O)ccc(F)c1F. The lowest BCUT2D eigenvalue weighted by Gasteiger charge is -2.25. The van der Waals surface area contributed by atoms with E-state index in [9.17, 15) is 53.9 Å². The summed E-state index contributed by atoms with van der Waals surface area (Å²) < 4.78 is 46.6. The number of nitrogens with zero attached hydrogens (tertiary/aromatic N) is 2. The van der Waals surface area contributed by atoms with Crippen molar-refractivity contribution in [1.29, 1.82) is 0 Å². The molecule has 0 spiro atoms.